The molecule has 20 heavy (non-hydrogen) atoms. The van der Waals surface area contributed by atoms with Gasteiger partial charge < -0.3 is 10.2 Å². The highest BCUT2D eigenvalue weighted by molar-refractivity contribution is 5.79. The van der Waals surface area contributed by atoms with Crippen LogP contribution in [-0.4, -0.2) is 31.0 Å². The van der Waals surface area contributed by atoms with Crippen molar-refractivity contribution in [2.24, 2.45) is 10.9 Å². The third kappa shape index (κ3) is 3.68. The minimum atomic E-state index is -0.426. The van der Waals surface area contributed by atoms with E-state index in [-0.39, 0.29) is 6.54 Å². The molecule has 0 aliphatic carbocycles. The molecule has 110 valence electrons. The SMILES string of the molecule is CN=C(NCc1cc(F)ccc1F)N1CCC(C)CC1. The van der Waals surface area contributed by atoms with E-state index in [0.717, 1.165) is 49.9 Å². The topological polar surface area (TPSA) is 27.6 Å². The second kappa shape index (κ2) is 6.68. The van der Waals surface area contributed by atoms with E-state index in [1.165, 1.54) is 6.07 Å². The Morgan fingerprint density at radius 2 is 2.05 bits per heavy atom. The molecule has 0 bridgehead atoms. The number of likely N-dealkylation sites (tertiary alicyclic amines) is 1. The van der Waals surface area contributed by atoms with E-state index < -0.39 is 11.6 Å². The number of nitrogens with zero attached hydrogens (tertiary/aromatic N) is 2. The Morgan fingerprint density at radius 3 is 2.70 bits per heavy atom. The molecule has 1 N–H and O–H groups in total. The Morgan fingerprint density at radius 1 is 1.35 bits per heavy atom. The van der Waals surface area contributed by atoms with E-state index in [0.29, 0.717) is 5.56 Å². The number of hydrogen-bond donors (Lipinski definition) is 1. The van der Waals surface area contributed by atoms with Crippen LogP contribution in [0.5, 0.6) is 0 Å². The number of halogens is 2. The molecule has 5 heteroatoms. The zero-order valence-corrected chi connectivity index (χ0v) is 12.0. The number of aliphatic imine (C=N–C) groups is 1. The van der Waals surface area contributed by atoms with Crippen LogP contribution in [-0.2, 0) is 6.54 Å². The average molecular weight is 281 g/mol. The van der Waals surface area contributed by atoms with Gasteiger partial charge in [0, 0.05) is 32.2 Å². The Balaban J connectivity index is 1.96. The minimum absolute atomic E-state index is 0.238. The lowest BCUT2D eigenvalue weighted by Crippen LogP contribution is -2.45. The van der Waals surface area contributed by atoms with Gasteiger partial charge in [0.15, 0.2) is 5.96 Å². The Kier molecular flexibility index (Phi) is 4.93. The van der Waals surface area contributed by atoms with Crippen LogP contribution in [0.4, 0.5) is 8.78 Å². The first-order valence-corrected chi connectivity index (χ1v) is 6.99. The molecule has 1 heterocycles. The molecule has 0 unspecified atom stereocenters. The summed E-state index contributed by atoms with van der Waals surface area (Å²) in [5.41, 5.74) is 0.316. The summed E-state index contributed by atoms with van der Waals surface area (Å²) < 4.78 is 26.7. The summed E-state index contributed by atoms with van der Waals surface area (Å²) in [5, 5.41) is 3.11. The summed E-state index contributed by atoms with van der Waals surface area (Å²) in [4.78, 5) is 6.38. The summed E-state index contributed by atoms with van der Waals surface area (Å²) in [5.74, 6) is 0.664. The first kappa shape index (κ1) is 14.8. The molecule has 2 rings (SSSR count). The monoisotopic (exact) mass is 281 g/mol. The largest absolute Gasteiger partial charge is 0.352 e. The van der Waals surface area contributed by atoms with E-state index in [2.05, 4.69) is 22.1 Å². The normalized spacial score (nSPS) is 17.4. The number of guanidine groups is 1. The third-order valence-electron chi connectivity index (χ3n) is 3.74. The number of hydrogen-bond acceptors (Lipinski definition) is 1. The van der Waals surface area contributed by atoms with Crippen LogP contribution < -0.4 is 5.32 Å². The van der Waals surface area contributed by atoms with Crippen LogP contribution in [0.15, 0.2) is 23.2 Å². The molecular formula is C15H21F2N3. The number of benzene rings is 1. The fraction of sp³-hybridized carbons (Fsp3) is 0.533. The van der Waals surface area contributed by atoms with Crippen molar-refractivity contribution in [1.82, 2.24) is 10.2 Å². The predicted molar refractivity (Wildman–Crippen MR) is 76.5 cm³/mol. The Hall–Kier alpha value is -1.65. The van der Waals surface area contributed by atoms with Gasteiger partial charge in [-0.3, -0.25) is 4.99 Å². The third-order valence-corrected chi connectivity index (χ3v) is 3.74. The molecule has 0 aromatic heterocycles. The zero-order valence-electron chi connectivity index (χ0n) is 12.0. The Labute approximate surface area is 118 Å². The summed E-state index contributed by atoms with van der Waals surface area (Å²) in [7, 11) is 1.71. The van der Waals surface area contributed by atoms with Gasteiger partial charge in [-0.05, 0) is 37.0 Å². The van der Waals surface area contributed by atoms with Crippen LogP contribution in [0.2, 0.25) is 0 Å². The van der Waals surface area contributed by atoms with Crippen LogP contribution >= 0.6 is 0 Å². The molecule has 1 aliphatic heterocycles. The van der Waals surface area contributed by atoms with E-state index in [1.54, 1.807) is 7.05 Å². The van der Waals surface area contributed by atoms with Crippen molar-refractivity contribution < 1.29 is 8.78 Å². The summed E-state index contributed by atoms with van der Waals surface area (Å²) >= 11 is 0. The smallest absolute Gasteiger partial charge is 0.193 e. The second-order valence-electron chi connectivity index (χ2n) is 5.31. The molecule has 0 atom stereocenters. The first-order valence-electron chi connectivity index (χ1n) is 6.99. The molecule has 0 saturated carbocycles. The van der Waals surface area contributed by atoms with Gasteiger partial charge in [0.05, 0.1) is 0 Å². The fourth-order valence-electron chi connectivity index (χ4n) is 2.41. The van der Waals surface area contributed by atoms with Crippen molar-refractivity contribution in [2.45, 2.75) is 26.3 Å². The molecule has 1 aliphatic rings. The average Bonchev–Trinajstić information content (AvgIpc) is 2.45. The van der Waals surface area contributed by atoms with Crippen LogP contribution in [0.25, 0.3) is 0 Å². The summed E-state index contributed by atoms with van der Waals surface area (Å²) in [6.07, 6.45) is 2.27. The molecule has 3 nitrogen and oxygen atoms in total. The maximum atomic E-state index is 13.6. The highest BCUT2D eigenvalue weighted by Gasteiger charge is 2.18. The highest BCUT2D eigenvalue weighted by atomic mass is 19.1. The van der Waals surface area contributed by atoms with Gasteiger partial charge in [0.1, 0.15) is 11.6 Å². The minimum Gasteiger partial charge on any atom is -0.352 e. The molecule has 1 aromatic carbocycles. The van der Waals surface area contributed by atoms with Crippen molar-refractivity contribution in [3.05, 3.63) is 35.4 Å². The van der Waals surface area contributed by atoms with E-state index in [9.17, 15) is 8.78 Å². The van der Waals surface area contributed by atoms with Crippen molar-refractivity contribution in [3.63, 3.8) is 0 Å². The molecular weight excluding hydrogens is 260 g/mol. The Bertz CT molecular complexity index is 480. The van der Waals surface area contributed by atoms with Gasteiger partial charge in [-0.25, -0.2) is 8.78 Å². The highest BCUT2D eigenvalue weighted by Crippen LogP contribution is 2.16. The van der Waals surface area contributed by atoms with Crippen molar-refractivity contribution in [2.75, 3.05) is 20.1 Å². The quantitative estimate of drug-likeness (QED) is 0.667. The zero-order chi connectivity index (χ0) is 14.5. The van der Waals surface area contributed by atoms with Gasteiger partial charge in [0.2, 0.25) is 0 Å². The van der Waals surface area contributed by atoms with E-state index >= 15 is 0 Å². The van der Waals surface area contributed by atoms with E-state index in [1.807, 2.05) is 0 Å². The lowest BCUT2D eigenvalue weighted by Gasteiger charge is -2.32. The lowest BCUT2D eigenvalue weighted by atomic mass is 9.99. The number of piperidine rings is 1. The van der Waals surface area contributed by atoms with Crippen molar-refractivity contribution in [1.29, 1.82) is 0 Å². The second-order valence-corrected chi connectivity index (χ2v) is 5.31. The summed E-state index contributed by atoms with van der Waals surface area (Å²) in [6.45, 7) is 4.39. The number of nitrogens with one attached hydrogen (secondary N) is 1. The van der Waals surface area contributed by atoms with Gasteiger partial charge in [-0.2, -0.15) is 0 Å². The maximum absolute atomic E-state index is 13.6. The van der Waals surface area contributed by atoms with Crippen LogP contribution in [0, 0.1) is 17.6 Å². The first-order chi connectivity index (χ1) is 9.60. The fourth-order valence-corrected chi connectivity index (χ4v) is 2.41. The maximum Gasteiger partial charge on any atom is 0.193 e. The van der Waals surface area contributed by atoms with Crippen molar-refractivity contribution >= 4 is 5.96 Å². The van der Waals surface area contributed by atoms with Gasteiger partial charge in [-0.15, -0.1) is 0 Å². The van der Waals surface area contributed by atoms with Crippen molar-refractivity contribution in [3.8, 4) is 0 Å². The van der Waals surface area contributed by atoms with Crippen LogP contribution in [0.3, 0.4) is 0 Å². The molecule has 1 aromatic rings. The molecule has 1 fully saturated rings. The number of rotatable bonds is 2. The van der Waals surface area contributed by atoms with Crippen LogP contribution in [0.1, 0.15) is 25.3 Å². The van der Waals surface area contributed by atoms with E-state index in [4.69, 9.17) is 0 Å². The molecule has 0 amide bonds. The van der Waals surface area contributed by atoms with Gasteiger partial charge in [-0.1, -0.05) is 6.92 Å². The molecule has 0 radical (unpaired) electrons. The standard InChI is InChI=1S/C15H21F2N3/c1-11-5-7-20(8-6-11)15(18-2)19-10-12-9-13(16)3-4-14(12)17/h3-4,9,11H,5-8,10H2,1-2H3,(H,18,19). The van der Waals surface area contributed by atoms with Gasteiger partial charge in [0.25, 0.3) is 0 Å². The lowest BCUT2D eigenvalue weighted by molar-refractivity contribution is 0.273. The van der Waals surface area contributed by atoms with Gasteiger partial charge >= 0.3 is 0 Å². The molecule has 1 saturated heterocycles. The molecule has 0 spiro atoms. The predicted octanol–water partition coefficient (Wildman–Crippen LogP) is 2.77. The summed E-state index contributed by atoms with van der Waals surface area (Å²) in [6, 6.07) is 3.49.